The van der Waals surface area contributed by atoms with Crippen LogP contribution in [0, 0.1) is 0 Å². The third-order valence-corrected chi connectivity index (χ3v) is 2.69. The molecular formula is C12H26N2O3. The molecule has 0 radical (unpaired) electrons. The van der Waals surface area contributed by atoms with Crippen LogP contribution in [0.5, 0.6) is 0 Å². The van der Waals surface area contributed by atoms with E-state index in [1.807, 2.05) is 6.92 Å². The Balaban J connectivity index is 3.37. The van der Waals surface area contributed by atoms with Crippen molar-refractivity contribution < 1.29 is 14.3 Å². The number of nitrogens with two attached hydrogens (primary N) is 1. The van der Waals surface area contributed by atoms with Crippen LogP contribution in [0.15, 0.2) is 0 Å². The minimum Gasteiger partial charge on any atom is -0.382 e. The molecular weight excluding hydrogens is 220 g/mol. The molecule has 102 valence electrons. The first-order valence-corrected chi connectivity index (χ1v) is 6.18. The Kier molecular flexibility index (Phi) is 9.03. The summed E-state index contributed by atoms with van der Waals surface area (Å²) < 4.78 is 10.2. The highest BCUT2D eigenvalue weighted by molar-refractivity contribution is 5.85. The predicted molar refractivity (Wildman–Crippen MR) is 67.8 cm³/mol. The molecule has 1 atom stereocenters. The summed E-state index contributed by atoms with van der Waals surface area (Å²) in [5, 5.41) is 2.83. The summed E-state index contributed by atoms with van der Waals surface area (Å²) in [6.07, 6.45) is 2.47. The van der Waals surface area contributed by atoms with Crippen molar-refractivity contribution in [2.45, 2.75) is 38.6 Å². The molecule has 0 bridgehead atoms. The maximum atomic E-state index is 11.6. The van der Waals surface area contributed by atoms with Crippen LogP contribution < -0.4 is 11.1 Å². The maximum absolute atomic E-state index is 11.6. The number of hydrogen-bond donors (Lipinski definition) is 2. The van der Waals surface area contributed by atoms with Crippen molar-refractivity contribution in [2.75, 3.05) is 33.5 Å². The topological polar surface area (TPSA) is 73.6 Å². The lowest BCUT2D eigenvalue weighted by atomic mass is 9.99. The fourth-order valence-corrected chi connectivity index (χ4v) is 1.14. The molecule has 17 heavy (non-hydrogen) atoms. The van der Waals surface area contributed by atoms with Gasteiger partial charge < -0.3 is 20.5 Å². The Labute approximate surface area is 104 Å². The van der Waals surface area contributed by atoms with Gasteiger partial charge in [0.05, 0.1) is 18.8 Å². The lowest BCUT2D eigenvalue weighted by Crippen LogP contribution is -2.51. The number of ether oxygens (including phenoxy) is 2. The SMILES string of the molecule is CCC(C)(N)C(=O)NCCCCOCCOC. The molecule has 0 heterocycles. The maximum Gasteiger partial charge on any atom is 0.239 e. The zero-order valence-electron chi connectivity index (χ0n) is 11.3. The minimum absolute atomic E-state index is 0.0831. The number of carbonyl (C=O) groups is 1. The molecule has 0 aliphatic heterocycles. The van der Waals surface area contributed by atoms with Gasteiger partial charge in [-0.15, -0.1) is 0 Å². The van der Waals surface area contributed by atoms with Gasteiger partial charge in [0.1, 0.15) is 0 Å². The second-order valence-corrected chi connectivity index (χ2v) is 4.34. The number of carbonyl (C=O) groups excluding carboxylic acids is 1. The number of hydrogen-bond acceptors (Lipinski definition) is 4. The lowest BCUT2D eigenvalue weighted by Gasteiger charge is -2.21. The Morgan fingerprint density at radius 3 is 2.59 bits per heavy atom. The Morgan fingerprint density at radius 1 is 1.29 bits per heavy atom. The second-order valence-electron chi connectivity index (χ2n) is 4.34. The van der Waals surface area contributed by atoms with Gasteiger partial charge in [0.2, 0.25) is 5.91 Å². The predicted octanol–water partition coefficient (Wildman–Crippen LogP) is 0.673. The first kappa shape index (κ1) is 16.4. The van der Waals surface area contributed by atoms with Gasteiger partial charge in [0.25, 0.3) is 0 Å². The lowest BCUT2D eigenvalue weighted by molar-refractivity contribution is -0.125. The average Bonchev–Trinajstić information content (AvgIpc) is 2.32. The largest absolute Gasteiger partial charge is 0.382 e. The van der Waals surface area contributed by atoms with Gasteiger partial charge in [-0.05, 0) is 26.2 Å². The van der Waals surface area contributed by atoms with Crippen molar-refractivity contribution in [3.05, 3.63) is 0 Å². The van der Waals surface area contributed by atoms with Crippen molar-refractivity contribution >= 4 is 5.91 Å². The number of nitrogens with one attached hydrogen (secondary N) is 1. The van der Waals surface area contributed by atoms with E-state index in [2.05, 4.69) is 5.32 Å². The first-order chi connectivity index (χ1) is 8.04. The first-order valence-electron chi connectivity index (χ1n) is 6.18. The Bertz CT molecular complexity index is 208. The highest BCUT2D eigenvalue weighted by atomic mass is 16.5. The van der Waals surface area contributed by atoms with E-state index in [-0.39, 0.29) is 5.91 Å². The molecule has 5 nitrogen and oxygen atoms in total. The molecule has 0 aliphatic carbocycles. The van der Waals surface area contributed by atoms with Crippen molar-refractivity contribution in [3.8, 4) is 0 Å². The van der Waals surface area contributed by atoms with Crippen LogP contribution in [0.3, 0.4) is 0 Å². The summed E-state index contributed by atoms with van der Waals surface area (Å²) in [4.78, 5) is 11.6. The van der Waals surface area contributed by atoms with Crippen LogP contribution in [-0.4, -0.2) is 44.9 Å². The van der Waals surface area contributed by atoms with Gasteiger partial charge in [-0.2, -0.15) is 0 Å². The van der Waals surface area contributed by atoms with Gasteiger partial charge in [-0.1, -0.05) is 6.92 Å². The molecule has 0 aromatic carbocycles. The molecule has 3 N–H and O–H groups in total. The highest BCUT2D eigenvalue weighted by Crippen LogP contribution is 2.04. The second kappa shape index (κ2) is 9.39. The fraction of sp³-hybridized carbons (Fsp3) is 0.917. The van der Waals surface area contributed by atoms with E-state index in [0.29, 0.717) is 32.8 Å². The minimum atomic E-state index is -0.755. The van der Waals surface area contributed by atoms with E-state index in [1.54, 1.807) is 14.0 Å². The number of rotatable bonds is 10. The van der Waals surface area contributed by atoms with Crippen molar-refractivity contribution in [3.63, 3.8) is 0 Å². The van der Waals surface area contributed by atoms with Crippen LogP contribution in [0.4, 0.5) is 0 Å². The van der Waals surface area contributed by atoms with Crippen LogP contribution in [0.1, 0.15) is 33.1 Å². The zero-order chi connectivity index (χ0) is 13.1. The smallest absolute Gasteiger partial charge is 0.239 e. The summed E-state index contributed by atoms with van der Waals surface area (Å²) in [5.41, 5.74) is 5.05. The van der Waals surface area contributed by atoms with E-state index in [4.69, 9.17) is 15.2 Å². The summed E-state index contributed by atoms with van der Waals surface area (Å²) in [6.45, 7) is 6.25. The molecule has 1 unspecified atom stereocenters. The Hall–Kier alpha value is -0.650. The van der Waals surface area contributed by atoms with Gasteiger partial charge >= 0.3 is 0 Å². The van der Waals surface area contributed by atoms with Crippen LogP contribution in [0.25, 0.3) is 0 Å². The average molecular weight is 246 g/mol. The quantitative estimate of drug-likeness (QED) is 0.556. The third kappa shape index (κ3) is 8.12. The third-order valence-electron chi connectivity index (χ3n) is 2.69. The van der Waals surface area contributed by atoms with E-state index in [1.165, 1.54) is 0 Å². The van der Waals surface area contributed by atoms with E-state index in [0.717, 1.165) is 12.8 Å². The van der Waals surface area contributed by atoms with Crippen LogP contribution in [0.2, 0.25) is 0 Å². The summed E-state index contributed by atoms with van der Waals surface area (Å²) in [7, 11) is 1.65. The summed E-state index contributed by atoms with van der Waals surface area (Å²) in [6, 6.07) is 0. The van der Waals surface area contributed by atoms with Gasteiger partial charge in [0.15, 0.2) is 0 Å². The molecule has 5 heteroatoms. The van der Waals surface area contributed by atoms with Crippen molar-refractivity contribution in [2.24, 2.45) is 5.73 Å². The van der Waals surface area contributed by atoms with Crippen LogP contribution in [-0.2, 0) is 14.3 Å². The molecule has 0 fully saturated rings. The van der Waals surface area contributed by atoms with E-state index < -0.39 is 5.54 Å². The van der Waals surface area contributed by atoms with Gasteiger partial charge in [-0.3, -0.25) is 4.79 Å². The normalized spacial score (nSPS) is 14.4. The number of amides is 1. The zero-order valence-corrected chi connectivity index (χ0v) is 11.3. The summed E-state index contributed by atoms with van der Waals surface area (Å²) in [5.74, 6) is -0.0831. The van der Waals surface area contributed by atoms with Gasteiger partial charge in [-0.25, -0.2) is 0 Å². The van der Waals surface area contributed by atoms with Crippen LogP contribution >= 0.6 is 0 Å². The standard InChI is InChI=1S/C12H26N2O3/c1-4-12(2,13)11(15)14-7-5-6-8-17-10-9-16-3/h4-10,13H2,1-3H3,(H,14,15). The molecule has 0 rings (SSSR count). The Morgan fingerprint density at radius 2 is 2.00 bits per heavy atom. The molecule has 0 saturated carbocycles. The van der Waals surface area contributed by atoms with Crippen molar-refractivity contribution in [1.29, 1.82) is 0 Å². The monoisotopic (exact) mass is 246 g/mol. The van der Waals surface area contributed by atoms with Crippen molar-refractivity contribution in [1.82, 2.24) is 5.32 Å². The molecule has 1 amide bonds. The van der Waals surface area contributed by atoms with Gasteiger partial charge in [0, 0.05) is 20.3 Å². The summed E-state index contributed by atoms with van der Waals surface area (Å²) >= 11 is 0. The molecule has 0 aromatic rings. The fourth-order valence-electron chi connectivity index (χ4n) is 1.14. The molecule has 0 spiro atoms. The number of unbranched alkanes of at least 4 members (excludes halogenated alkanes) is 1. The molecule has 0 aromatic heterocycles. The molecule has 0 saturated heterocycles. The van der Waals surface area contributed by atoms with E-state index >= 15 is 0 Å². The molecule has 0 aliphatic rings. The number of methoxy groups -OCH3 is 1. The highest BCUT2D eigenvalue weighted by Gasteiger charge is 2.24. The van der Waals surface area contributed by atoms with E-state index in [9.17, 15) is 4.79 Å².